The number of carbonyl (C=O) groups excluding carboxylic acids is 1. The summed E-state index contributed by atoms with van der Waals surface area (Å²) in [5.41, 5.74) is 0.468. The number of carbonyl (C=O) groups is 1. The van der Waals surface area contributed by atoms with Crippen LogP contribution in [0.25, 0.3) is 0 Å². The molecule has 0 aromatic heterocycles. The Balaban J connectivity index is 1.61. The topological polar surface area (TPSA) is 50.4 Å². The molecule has 6 heteroatoms. The maximum Gasteiger partial charge on any atom is 0.242 e. The number of anilines is 1. The molecule has 1 saturated heterocycles. The zero-order valence-corrected chi connectivity index (χ0v) is 12.5. The summed E-state index contributed by atoms with van der Waals surface area (Å²) in [5.74, 6) is 1.25. The number of amides is 1. The second-order valence-electron chi connectivity index (χ2n) is 5.43. The van der Waals surface area contributed by atoms with Gasteiger partial charge in [0.05, 0.1) is 12.1 Å². The highest BCUT2D eigenvalue weighted by Crippen LogP contribution is 2.27. The first kappa shape index (κ1) is 14.7. The minimum absolute atomic E-state index is 0.121. The zero-order valence-electron chi connectivity index (χ0n) is 11.7. The molecule has 1 amide bonds. The summed E-state index contributed by atoms with van der Waals surface area (Å²) in [7, 11) is 0. The number of halogens is 1. The third-order valence-corrected chi connectivity index (χ3v) is 4.77. The Hall–Kier alpha value is -1.27. The molecule has 1 aliphatic heterocycles. The van der Waals surface area contributed by atoms with Crippen molar-refractivity contribution >= 4 is 23.4 Å². The average Bonchev–Trinajstić information content (AvgIpc) is 3.14. The molecular weight excluding hydrogens is 291 g/mol. The SMILES string of the molecule is O=C(Nc1ccc(OC2CCCC2)c(F)c1)C1CSCN1. The van der Waals surface area contributed by atoms with Gasteiger partial charge in [0.2, 0.25) is 5.91 Å². The summed E-state index contributed by atoms with van der Waals surface area (Å²) < 4.78 is 19.7. The number of thioether (sulfide) groups is 1. The Morgan fingerprint density at radius 1 is 1.38 bits per heavy atom. The van der Waals surface area contributed by atoms with Crippen molar-refractivity contribution in [3.8, 4) is 5.75 Å². The second-order valence-corrected chi connectivity index (χ2v) is 6.46. The van der Waals surface area contributed by atoms with Gasteiger partial charge in [-0.1, -0.05) is 0 Å². The molecule has 1 unspecified atom stereocenters. The third-order valence-electron chi connectivity index (χ3n) is 3.83. The van der Waals surface area contributed by atoms with Gasteiger partial charge < -0.3 is 10.1 Å². The maximum absolute atomic E-state index is 14.0. The molecule has 2 aliphatic rings. The molecule has 114 valence electrons. The van der Waals surface area contributed by atoms with Crippen LogP contribution in [-0.2, 0) is 4.79 Å². The van der Waals surface area contributed by atoms with E-state index < -0.39 is 5.82 Å². The van der Waals surface area contributed by atoms with Gasteiger partial charge in [-0.15, -0.1) is 11.8 Å². The quantitative estimate of drug-likeness (QED) is 0.898. The molecule has 1 heterocycles. The maximum atomic E-state index is 14.0. The fourth-order valence-electron chi connectivity index (χ4n) is 2.65. The Morgan fingerprint density at radius 3 is 2.86 bits per heavy atom. The van der Waals surface area contributed by atoms with Crippen molar-refractivity contribution in [3.05, 3.63) is 24.0 Å². The predicted molar refractivity (Wildman–Crippen MR) is 82.2 cm³/mol. The van der Waals surface area contributed by atoms with E-state index in [1.54, 1.807) is 23.9 Å². The monoisotopic (exact) mass is 310 g/mol. The van der Waals surface area contributed by atoms with Crippen LogP contribution in [0.4, 0.5) is 10.1 Å². The molecular formula is C15H19FN2O2S. The van der Waals surface area contributed by atoms with Crippen LogP contribution in [0.2, 0.25) is 0 Å². The van der Waals surface area contributed by atoms with Crippen LogP contribution in [0.15, 0.2) is 18.2 Å². The highest BCUT2D eigenvalue weighted by Gasteiger charge is 2.23. The van der Waals surface area contributed by atoms with E-state index in [4.69, 9.17) is 4.74 Å². The van der Waals surface area contributed by atoms with Crippen molar-refractivity contribution in [2.45, 2.75) is 37.8 Å². The summed E-state index contributed by atoms with van der Waals surface area (Å²) >= 11 is 1.68. The molecule has 0 spiro atoms. The number of ether oxygens (including phenoxy) is 1. The molecule has 1 aromatic carbocycles. The average molecular weight is 310 g/mol. The molecule has 2 fully saturated rings. The highest BCUT2D eigenvalue weighted by atomic mass is 32.2. The van der Waals surface area contributed by atoms with E-state index in [2.05, 4.69) is 10.6 Å². The van der Waals surface area contributed by atoms with Crippen molar-refractivity contribution in [2.24, 2.45) is 0 Å². The van der Waals surface area contributed by atoms with Crippen LogP contribution in [0.3, 0.4) is 0 Å². The molecule has 21 heavy (non-hydrogen) atoms. The molecule has 1 aromatic rings. The number of nitrogens with one attached hydrogen (secondary N) is 2. The van der Waals surface area contributed by atoms with E-state index in [0.29, 0.717) is 5.69 Å². The van der Waals surface area contributed by atoms with Crippen molar-refractivity contribution in [3.63, 3.8) is 0 Å². The fourth-order valence-corrected chi connectivity index (χ4v) is 3.59. The molecule has 0 radical (unpaired) electrons. The summed E-state index contributed by atoms with van der Waals surface area (Å²) in [4.78, 5) is 11.9. The largest absolute Gasteiger partial charge is 0.487 e. The molecule has 1 saturated carbocycles. The first-order valence-electron chi connectivity index (χ1n) is 7.30. The van der Waals surface area contributed by atoms with Gasteiger partial charge in [-0.25, -0.2) is 4.39 Å². The Morgan fingerprint density at radius 2 is 2.19 bits per heavy atom. The lowest BCUT2D eigenvalue weighted by Gasteiger charge is -2.15. The van der Waals surface area contributed by atoms with Gasteiger partial charge in [-0.3, -0.25) is 10.1 Å². The van der Waals surface area contributed by atoms with Crippen LogP contribution < -0.4 is 15.4 Å². The fraction of sp³-hybridized carbons (Fsp3) is 0.533. The molecule has 0 bridgehead atoms. The number of hydrogen-bond donors (Lipinski definition) is 2. The number of rotatable bonds is 4. The number of benzene rings is 1. The van der Waals surface area contributed by atoms with E-state index in [1.807, 2.05) is 0 Å². The summed E-state index contributed by atoms with van der Waals surface area (Å²) in [6, 6.07) is 4.41. The van der Waals surface area contributed by atoms with Crippen molar-refractivity contribution < 1.29 is 13.9 Å². The smallest absolute Gasteiger partial charge is 0.242 e. The summed E-state index contributed by atoms with van der Waals surface area (Å²) in [5, 5.41) is 5.82. The van der Waals surface area contributed by atoms with Gasteiger partial charge in [0, 0.05) is 23.4 Å². The lowest BCUT2D eigenvalue weighted by molar-refractivity contribution is -0.117. The van der Waals surface area contributed by atoms with Crippen LogP contribution in [0, 0.1) is 5.82 Å². The minimum Gasteiger partial charge on any atom is -0.487 e. The van der Waals surface area contributed by atoms with Gasteiger partial charge in [-0.05, 0) is 37.8 Å². The van der Waals surface area contributed by atoms with Crippen molar-refractivity contribution in [1.82, 2.24) is 5.32 Å². The van der Waals surface area contributed by atoms with E-state index in [-0.39, 0.29) is 23.8 Å². The molecule has 1 atom stereocenters. The van der Waals surface area contributed by atoms with Crippen molar-refractivity contribution in [1.29, 1.82) is 0 Å². The summed E-state index contributed by atoms with van der Waals surface area (Å²) in [6.07, 6.45) is 4.39. The van der Waals surface area contributed by atoms with Crippen LogP contribution in [-0.4, -0.2) is 29.7 Å². The van der Waals surface area contributed by atoms with E-state index in [9.17, 15) is 9.18 Å². The van der Waals surface area contributed by atoms with Crippen LogP contribution in [0.1, 0.15) is 25.7 Å². The standard InChI is InChI=1S/C15H19FN2O2S/c16-12-7-10(18-15(19)13-8-21-9-17-13)5-6-14(12)20-11-3-1-2-4-11/h5-7,11,13,17H,1-4,8-9H2,(H,18,19). The zero-order chi connectivity index (χ0) is 14.7. The minimum atomic E-state index is -0.423. The van der Waals surface area contributed by atoms with E-state index in [0.717, 1.165) is 37.3 Å². The highest BCUT2D eigenvalue weighted by molar-refractivity contribution is 7.99. The van der Waals surface area contributed by atoms with Gasteiger partial charge in [0.25, 0.3) is 0 Å². The third kappa shape index (κ3) is 3.68. The first-order valence-corrected chi connectivity index (χ1v) is 8.46. The van der Waals surface area contributed by atoms with E-state index >= 15 is 0 Å². The summed E-state index contributed by atoms with van der Waals surface area (Å²) in [6.45, 7) is 0. The van der Waals surface area contributed by atoms with Gasteiger partial charge in [0.1, 0.15) is 0 Å². The van der Waals surface area contributed by atoms with Gasteiger partial charge >= 0.3 is 0 Å². The number of hydrogen-bond acceptors (Lipinski definition) is 4. The lowest BCUT2D eigenvalue weighted by atomic mass is 10.2. The Bertz CT molecular complexity index is 514. The Labute approximate surface area is 127 Å². The second kappa shape index (κ2) is 6.66. The lowest BCUT2D eigenvalue weighted by Crippen LogP contribution is -2.37. The molecule has 1 aliphatic carbocycles. The van der Waals surface area contributed by atoms with Gasteiger partial charge in [-0.2, -0.15) is 0 Å². The van der Waals surface area contributed by atoms with Crippen molar-refractivity contribution in [2.75, 3.05) is 16.9 Å². The first-order chi connectivity index (χ1) is 10.2. The predicted octanol–water partition coefficient (Wildman–Crippen LogP) is 2.75. The molecule has 3 rings (SSSR count). The normalized spacial score (nSPS) is 22.4. The van der Waals surface area contributed by atoms with E-state index in [1.165, 1.54) is 6.07 Å². The molecule has 2 N–H and O–H groups in total. The van der Waals surface area contributed by atoms with Gasteiger partial charge in [0.15, 0.2) is 11.6 Å². The molecule has 4 nitrogen and oxygen atoms in total. The van der Waals surface area contributed by atoms with Crippen LogP contribution in [0.5, 0.6) is 5.75 Å². The Kier molecular flexibility index (Phi) is 4.65. The van der Waals surface area contributed by atoms with Crippen LogP contribution >= 0.6 is 11.8 Å².